The Morgan fingerprint density at radius 1 is 1.22 bits per heavy atom. The van der Waals surface area contributed by atoms with E-state index in [-0.39, 0.29) is 5.97 Å². The molecule has 0 atom stereocenters. The molecule has 0 heterocycles. The van der Waals surface area contributed by atoms with Crippen LogP contribution in [0.4, 0.5) is 0 Å². The predicted octanol–water partition coefficient (Wildman–Crippen LogP) is 3.40. The lowest BCUT2D eigenvalue weighted by atomic mass is 10.1. The summed E-state index contributed by atoms with van der Waals surface area (Å²) >= 11 is 3.29. The zero-order valence-corrected chi connectivity index (χ0v) is 11.6. The quantitative estimate of drug-likeness (QED) is 0.641. The lowest BCUT2D eigenvalue weighted by molar-refractivity contribution is 0.0596. The zero-order chi connectivity index (χ0) is 13.0. The Morgan fingerprint density at radius 3 is 2.50 bits per heavy atom. The molecule has 0 unspecified atom stereocenters. The Labute approximate surface area is 114 Å². The SMILES string of the molecule is COC(=O)c1cc2ccccc2cc1OCCBr. The fourth-order valence-electron chi connectivity index (χ4n) is 1.76. The monoisotopic (exact) mass is 308 g/mol. The van der Waals surface area contributed by atoms with E-state index in [0.29, 0.717) is 23.2 Å². The first-order valence-corrected chi connectivity index (χ1v) is 6.68. The van der Waals surface area contributed by atoms with E-state index in [1.165, 1.54) is 7.11 Å². The van der Waals surface area contributed by atoms with Crippen LogP contribution >= 0.6 is 15.9 Å². The van der Waals surface area contributed by atoms with Crippen LogP contribution in [-0.4, -0.2) is 25.0 Å². The lowest BCUT2D eigenvalue weighted by Crippen LogP contribution is -2.07. The van der Waals surface area contributed by atoms with Gasteiger partial charge in [0.25, 0.3) is 0 Å². The van der Waals surface area contributed by atoms with Crippen molar-refractivity contribution in [1.29, 1.82) is 0 Å². The summed E-state index contributed by atoms with van der Waals surface area (Å²) in [5.41, 5.74) is 0.456. The van der Waals surface area contributed by atoms with Gasteiger partial charge in [-0.15, -0.1) is 0 Å². The molecule has 0 bridgehead atoms. The molecule has 18 heavy (non-hydrogen) atoms. The predicted molar refractivity (Wildman–Crippen MR) is 74.6 cm³/mol. The van der Waals surface area contributed by atoms with Crippen molar-refractivity contribution in [2.75, 3.05) is 19.0 Å². The molecule has 0 radical (unpaired) electrons. The van der Waals surface area contributed by atoms with Crippen molar-refractivity contribution in [1.82, 2.24) is 0 Å². The molecule has 0 saturated heterocycles. The van der Waals surface area contributed by atoms with Crippen molar-refractivity contribution < 1.29 is 14.3 Å². The maximum atomic E-state index is 11.7. The third-order valence-electron chi connectivity index (χ3n) is 2.59. The van der Waals surface area contributed by atoms with Gasteiger partial charge in [0.05, 0.1) is 13.7 Å². The molecule has 4 heteroatoms. The second-order valence-corrected chi connectivity index (χ2v) is 4.52. The van der Waals surface area contributed by atoms with Gasteiger partial charge in [-0.1, -0.05) is 40.2 Å². The van der Waals surface area contributed by atoms with Crippen molar-refractivity contribution in [3.63, 3.8) is 0 Å². The second-order valence-electron chi connectivity index (χ2n) is 3.72. The van der Waals surface area contributed by atoms with Gasteiger partial charge in [-0.05, 0) is 22.9 Å². The first-order valence-electron chi connectivity index (χ1n) is 5.56. The van der Waals surface area contributed by atoms with E-state index < -0.39 is 0 Å². The van der Waals surface area contributed by atoms with Gasteiger partial charge >= 0.3 is 5.97 Å². The highest BCUT2D eigenvalue weighted by molar-refractivity contribution is 9.09. The molecular formula is C14H13BrO3. The maximum absolute atomic E-state index is 11.7. The summed E-state index contributed by atoms with van der Waals surface area (Å²) in [5.74, 6) is 0.172. The Hall–Kier alpha value is -1.55. The van der Waals surface area contributed by atoms with Crippen molar-refractivity contribution in [2.45, 2.75) is 0 Å². The minimum Gasteiger partial charge on any atom is -0.492 e. The first-order chi connectivity index (χ1) is 8.76. The molecular weight excluding hydrogens is 296 g/mol. The van der Waals surface area contributed by atoms with Crippen LogP contribution in [0.15, 0.2) is 36.4 Å². The smallest absolute Gasteiger partial charge is 0.341 e. The molecule has 0 fully saturated rings. The van der Waals surface area contributed by atoms with E-state index in [2.05, 4.69) is 15.9 Å². The van der Waals surface area contributed by atoms with E-state index >= 15 is 0 Å². The fraction of sp³-hybridized carbons (Fsp3) is 0.214. The number of carbonyl (C=O) groups excluding carboxylic acids is 1. The lowest BCUT2D eigenvalue weighted by Gasteiger charge is -2.10. The topological polar surface area (TPSA) is 35.5 Å². The van der Waals surface area contributed by atoms with Crippen LogP contribution in [-0.2, 0) is 4.74 Å². The average molecular weight is 309 g/mol. The molecule has 0 aliphatic carbocycles. The van der Waals surface area contributed by atoms with Crippen molar-refractivity contribution in [3.8, 4) is 5.75 Å². The van der Waals surface area contributed by atoms with E-state index in [4.69, 9.17) is 9.47 Å². The van der Waals surface area contributed by atoms with Crippen LogP contribution in [0.1, 0.15) is 10.4 Å². The summed E-state index contributed by atoms with van der Waals surface area (Å²) in [6.07, 6.45) is 0. The van der Waals surface area contributed by atoms with Crippen LogP contribution in [0.3, 0.4) is 0 Å². The first kappa shape index (κ1) is 12.9. The number of esters is 1. The number of hydrogen-bond acceptors (Lipinski definition) is 3. The summed E-state index contributed by atoms with van der Waals surface area (Å²) in [4.78, 5) is 11.7. The maximum Gasteiger partial charge on any atom is 0.341 e. The molecule has 0 saturated carbocycles. The van der Waals surface area contributed by atoms with Crippen molar-refractivity contribution in [3.05, 3.63) is 42.0 Å². The number of halogens is 1. The Bertz CT molecular complexity index is 566. The van der Waals surface area contributed by atoms with E-state index in [1.807, 2.05) is 30.3 Å². The molecule has 0 aliphatic heterocycles. The van der Waals surface area contributed by atoms with Gasteiger partial charge in [0.1, 0.15) is 11.3 Å². The van der Waals surface area contributed by atoms with Crippen LogP contribution in [0, 0.1) is 0 Å². The summed E-state index contributed by atoms with van der Waals surface area (Å²) in [7, 11) is 1.37. The summed E-state index contributed by atoms with van der Waals surface area (Å²) in [5, 5.41) is 2.74. The number of rotatable bonds is 4. The van der Waals surface area contributed by atoms with E-state index in [9.17, 15) is 4.79 Å². The highest BCUT2D eigenvalue weighted by Gasteiger charge is 2.14. The van der Waals surface area contributed by atoms with Gasteiger partial charge in [0.2, 0.25) is 0 Å². The molecule has 0 amide bonds. The van der Waals surface area contributed by atoms with E-state index in [1.54, 1.807) is 6.07 Å². The van der Waals surface area contributed by atoms with Crippen molar-refractivity contribution in [2.24, 2.45) is 0 Å². The molecule has 0 N–H and O–H groups in total. The fourth-order valence-corrected chi connectivity index (χ4v) is 1.92. The Morgan fingerprint density at radius 2 is 1.89 bits per heavy atom. The van der Waals surface area contributed by atoms with Gasteiger partial charge in [0, 0.05) is 5.33 Å². The van der Waals surface area contributed by atoms with Gasteiger partial charge in [0.15, 0.2) is 0 Å². The highest BCUT2D eigenvalue weighted by Crippen LogP contribution is 2.26. The number of carbonyl (C=O) groups is 1. The molecule has 0 aliphatic rings. The van der Waals surface area contributed by atoms with Crippen molar-refractivity contribution >= 4 is 32.7 Å². The van der Waals surface area contributed by atoms with Gasteiger partial charge in [-0.3, -0.25) is 0 Å². The average Bonchev–Trinajstić information content (AvgIpc) is 2.43. The molecule has 2 rings (SSSR count). The largest absolute Gasteiger partial charge is 0.492 e. The molecule has 94 valence electrons. The molecule has 0 aromatic heterocycles. The van der Waals surface area contributed by atoms with Crippen LogP contribution in [0.25, 0.3) is 10.8 Å². The summed E-state index contributed by atoms with van der Waals surface area (Å²) < 4.78 is 10.3. The molecule has 2 aromatic carbocycles. The third-order valence-corrected chi connectivity index (χ3v) is 2.91. The number of methoxy groups -OCH3 is 1. The van der Waals surface area contributed by atoms with Crippen LogP contribution in [0.2, 0.25) is 0 Å². The summed E-state index contributed by atoms with van der Waals surface area (Å²) in [6.45, 7) is 0.502. The minimum atomic E-state index is -0.384. The number of alkyl halides is 1. The molecule has 2 aromatic rings. The minimum absolute atomic E-state index is 0.384. The van der Waals surface area contributed by atoms with Gasteiger partial charge in [-0.2, -0.15) is 0 Å². The van der Waals surface area contributed by atoms with Crippen LogP contribution < -0.4 is 4.74 Å². The van der Waals surface area contributed by atoms with Gasteiger partial charge < -0.3 is 9.47 Å². The molecule has 0 spiro atoms. The van der Waals surface area contributed by atoms with Crippen LogP contribution in [0.5, 0.6) is 5.75 Å². The number of hydrogen-bond donors (Lipinski definition) is 0. The zero-order valence-electron chi connectivity index (χ0n) is 9.98. The highest BCUT2D eigenvalue weighted by atomic mass is 79.9. The summed E-state index contributed by atoms with van der Waals surface area (Å²) in [6, 6.07) is 11.5. The number of fused-ring (bicyclic) bond motifs is 1. The second kappa shape index (κ2) is 5.87. The van der Waals surface area contributed by atoms with Gasteiger partial charge in [-0.25, -0.2) is 4.79 Å². The number of benzene rings is 2. The Kier molecular flexibility index (Phi) is 4.20. The third kappa shape index (κ3) is 2.64. The normalized spacial score (nSPS) is 10.3. The number of ether oxygens (including phenoxy) is 2. The standard InChI is InChI=1S/C14H13BrO3/c1-17-14(16)12-8-10-4-2-3-5-11(10)9-13(12)18-7-6-15/h2-5,8-9H,6-7H2,1H3. The Balaban J connectivity index is 2.52. The molecule has 3 nitrogen and oxygen atoms in total. The van der Waals surface area contributed by atoms with E-state index in [0.717, 1.165) is 10.8 Å².